The number of carbonyl (C=O) groups is 3. The summed E-state index contributed by atoms with van der Waals surface area (Å²) in [7, 11) is 0. The standard InChI is InChI=1S/C28H25N5O5/c29-25(34)17-37-20-10-6-18(7-11-20)14-26(35)33-15-23-24(16-33)31-32-27(23)30-28(36)19-8-12-22(13-9-19)38-21-4-2-1-3-5-21/h1-13H,14-17H2,(H2,29,34)(H2,30,31,32,36). The first-order valence-electron chi connectivity index (χ1n) is 11.9. The molecule has 2 heterocycles. The van der Waals surface area contributed by atoms with Gasteiger partial charge in [-0.2, -0.15) is 5.10 Å². The molecule has 1 aliphatic heterocycles. The Kier molecular flexibility index (Phi) is 7.03. The van der Waals surface area contributed by atoms with Crippen LogP contribution in [-0.2, 0) is 29.1 Å². The van der Waals surface area contributed by atoms with Gasteiger partial charge < -0.3 is 25.4 Å². The van der Waals surface area contributed by atoms with Gasteiger partial charge in [0.05, 0.1) is 25.2 Å². The number of nitrogens with two attached hydrogens (primary N) is 1. The van der Waals surface area contributed by atoms with E-state index in [-0.39, 0.29) is 24.8 Å². The number of nitrogens with one attached hydrogen (secondary N) is 2. The Bertz CT molecular complexity index is 1450. The van der Waals surface area contributed by atoms with Gasteiger partial charge in [-0.15, -0.1) is 0 Å². The second-order valence-corrected chi connectivity index (χ2v) is 8.74. The largest absolute Gasteiger partial charge is 0.484 e. The van der Waals surface area contributed by atoms with Gasteiger partial charge >= 0.3 is 0 Å². The number of para-hydroxylation sites is 1. The third kappa shape index (κ3) is 5.81. The number of aromatic amines is 1. The lowest BCUT2D eigenvalue weighted by atomic mass is 10.1. The number of hydrogen-bond donors (Lipinski definition) is 3. The highest BCUT2D eigenvalue weighted by Crippen LogP contribution is 2.28. The van der Waals surface area contributed by atoms with Gasteiger partial charge in [0.15, 0.2) is 6.61 Å². The number of carbonyl (C=O) groups excluding carboxylic acids is 3. The van der Waals surface area contributed by atoms with Crippen molar-refractivity contribution in [3.63, 3.8) is 0 Å². The molecule has 10 heteroatoms. The summed E-state index contributed by atoms with van der Waals surface area (Å²) in [5, 5.41) is 10.0. The first-order valence-corrected chi connectivity index (χ1v) is 11.9. The van der Waals surface area contributed by atoms with E-state index >= 15 is 0 Å². The molecule has 0 saturated heterocycles. The van der Waals surface area contributed by atoms with Crippen LogP contribution in [0.1, 0.15) is 27.2 Å². The molecule has 0 atom stereocenters. The zero-order valence-corrected chi connectivity index (χ0v) is 20.3. The molecular weight excluding hydrogens is 486 g/mol. The number of hydrogen-bond acceptors (Lipinski definition) is 6. The fourth-order valence-corrected chi connectivity index (χ4v) is 4.04. The number of rotatable bonds is 9. The van der Waals surface area contributed by atoms with Crippen LogP contribution in [0.2, 0.25) is 0 Å². The van der Waals surface area contributed by atoms with Crippen LogP contribution >= 0.6 is 0 Å². The van der Waals surface area contributed by atoms with Crippen molar-refractivity contribution in [2.24, 2.45) is 5.73 Å². The molecule has 3 amide bonds. The highest BCUT2D eigenvalue weighted by atomic mass is 16.5. The Morgan fingerprint density at radius 3 is 2.29 bits per heavy atom. The van der Waals surface area contributed by atoms with Crippen LogP contribution in [0.15, 0.2) is 78.9 Å². The number of anilines is 1. The quantitative estimate of drug-likeness (QED) is 0.315. The third-order valence-corrected chi connectivity index (χ3v) is 5.99. The van der Waals surface area contributed by atoms with Crippen LogP contribution in [0.3, 0.4) is 0 Å². The summed E-state index contributed by atoms with van der Waals surface area (Å²) in [6.07, 6.45) is 0.198. The normalized spacial score (nSPS) is 12.1. The summed E-state index contributed by atoms with van der Waals surface area (Å²) >= 11 is 0. The minimum atomic E-state index is -0.558. The third-order valence-electron chi connectivity index (χ3n) is 5.99. The Morgan fingerprint density at radius 2 is 1.58 bits per heavy atom. The van der Waals surface area contributed by atoms with Gasteiger partial charge in [-0.25, -0.2) is 0 Å². The maximum Gasteiger partial charge on any atom is 0.256 e. The van der Waals surface area contributed by atoms with Crippen LogP contribution in [0.25, 0.3) is 0 Å². The van der Waals surface area contributed by atoms with E-state index < -0.39 is 5.91 Å². The number of H-pyrrole nitrogens is 1. The topological polar surface area (TPSA) is 140 Å². The van der Waals surface area contributed by atoms with Crippen LogP contribution < -0.4 is 20.5 Å². The summed E-state index contributed by atoms with van der Waals surface area (Å²) in [4.78, 5) is 38.3. The highest BCUT2D eigenvalue weighted by Gasteiger charge is 2.29. The van der Waals surface area contributed by atoms with E-state index in [2.05, 4.69) is 15.5 Å². The maximum atomic E-state index is 12.9. The van der Waals surface area contributed by atoms with Gasteiger partial charge in [-0.3, -0.25) is 19.5 Å². The smallest absolute Gasteiger partial charge is 0.256 e. The SMILES string of the molecule is NC(=O)COc1ccc(CC(=O)N2Cc3n[nH]c(NC(=O)c4ccc(Oc5ccccc5)cc4)c3C2)cc1. The van der Waals surface area contributed by atoms with E-state index in [0.29, 0.717) is 41.7 Å². The average molecular weight is 512 g/mol. The van der Waals surface area contributed by atoms with E-state index in [9.17, 15) is 14.4 Å². The van der Waals surface area contributed by atoms with Gasteiger partial charge in [0.1, 0.15) is 23.1 Å². The van der Waals surface area contributed by atoms with E-state index in [4.69, 9.17) is 15.2 Å². The molecule has 0 spiro atoms. The maximum absolute atomic E-state index is 12.9. The van der Waals surface area contributed by atoms with Crippen molar-refractivity contribution < 1.29 is 23.9 Å². The van der Waals surface area contributed by atoms with Crippen molar-refractivity contribution in [2.45, 2.75) is 19.5 Å². The first kappa shape index (κ1) is 24.6. The van der Waals surface area contributed by atoms with E-state index in [0.717, 1.165) is 16.8 Å². The molecule has 38 heavy (non-hydrogen) atoms. The molecular formula is C28H25N5O5. The number of aromatic nitrogens is 2. The number of primary amides is 1. The lowest BCUT2D eigenvalue weighted by Gasteiger charge is -2.16. The molecule has 0 bridgehead atoms. The number of ether oxygens (including phenoxy) is 2. The van der Waals surface area contributed by atoms with Crippen LogP contribution in [0.4, 0.5) is 5.82 Å². The Morgan fingerprint density at radius 1 is 0.895 bits per heavy atom. The molecule has 0 fully saturated rings. The number of nitrogens with zero attached hydrogens (tertiary/aromatic N) is 2. The summed E-state index contributed by atoms with van der Waals surface area (Å²) in [6.45, 7) is 0.486. The molecule has 0 radical (unpaired) electrons. The van der Waals surface area contributed by atoms with Crippen molar-refractivity contribution in [1.29, 1.82) is 0 Å². The lowest BCUT2D eigenvalue weighted by molar-refractivity contribution is -0.131. The molecule has 0 saturated carbocycles. The predicted octanol–water partition coefficient (Wildman–Crippen LogP) is 3.40. The minimum Gasteiger partial charge on any atom is -0.484 e. The average Bonchev–Trinajstić information content (AvgIpc) is 3.51. The van der Waals surface area contributed by atoms with Crippen molar-refractivity contribution >= 4 is 23.5 Å². The molecule has 0 aliphatic carbocycles. The molecule has 192 valence electrons. The zero-order valence-electron chi connectivity index (χ0n) is 20.3. The van der Waals surface area contributed by atoms with Crippen molar-refractivity contribution in [3.05, 3.63) is 101 Å². The van der Waals surface area contributed by atoms with Gasteiger partial charge in [-0.1, -0.05) is 30.3 Å². The second-order valence-electron chi connectivity index (χ2n) is 8.74. The van der Waals surface area contributed by atoms with Gasteiger partial charge in [0.25, 0.3) is 11.8 Å². The molecule has 1 aliphatic rings. The summed E-state index contributed by atoms with van der Waals surface area (Å²) in [6, 6.07) is 23.1. The van der Waals surface area contributed by atoms with Gasteiger partial charge in [-0.05, 0) is 54.1 Å². The van der Waals surface area contributed by atoms with E-state index in [1.807, 2.05) is 30.3 Å². The summed E-state index contributed by atoms with van der Waals surface area (Å²) in [5.74, 6) is 1.38. The van der Waals surface area contributed by atoms with E-state index in [1.165, 1.54) is 0 Å². The highest BCUT2D eigenvalue weighted by molar-refractivity contribution is 6.04. The fourth-order valence-electron chi connectivity index (χ4n) is 4.04. The molecule has 10 nitrogen and oxygen atoms in total. The number of benzene rings is 3. The van der Waals surface area contributed by atoms with Crippen LogP contribution in [0.5, 0.6) is 17.2 Å². The summed E-state index contributed by atoms with van der Waals surface area (Å²) in [5.41, 5.74) is 7.85. The van der Waals surface area contributed by atoms with Crippen molar-refractivity contribution in [1.82, 2.24) is 15.1 Å². The van der Waals surface area contributed by atoms with E-state index in [1.54, 1.807) is 53.4 Å². The summed E-state index contributed by atoms with van der Waals surface area (Å²) < 4.78 is 11.0. The zero-order chi connectivity index (χ0) is 26.5. The molecule has 3 aromatic carbocycles. The predicted molar refractivity (Wildman–Crippen MR) is 139 cm³/mol. The van der Waals surface area contributed by atoms with Gasteiger partial charge in [0.2, 0.25) is 5.91 Å². The fraction of sp³-hybridized carbons (Fsp3) is 0.143. The molecule has 5 rings (SSSR count). The van der Waals surface area contributed by atoms with Crippen molar-refractivity contribution in [2.75, 3.05) is 11.9 Å². The Balaban J connectivity index is 1.16. The molecule has 4 N–H and O–H groups in total. The number of fused-ring (bicyclic) bond motifs is 1. The Labute approximate surface area is 218 Å². The van der Waals surface area contributed by atoms with Crippen LogP contribution in [-0.4, -0.2) is 39.4 Å². The monoisotopic (exact) mass is 511 g/mol. The Hall–Kier alpha value is -5.12. The molecule has 4 aromatic rings. The molecule has 1 aromatic heterocycles. The first-order chi connectivity index (χ1) is 18.4. The number of amides is 3. The lowest BCUT2D eigenvalue weighted by Crippen LogP contribution is -2.27. The minimum absolute atomic E-state index is 0.0694. The second kappa shape index (κ2) is 10.9. The van der Waals surface area contributed by atoms with Crippen molar-refractivity contribution in [3.8, 4) is 17.2 Å². The van der Waals surface area contributed by atoms with Crippen LogP contribution in [0, 0.1) is 0 Å². The molecule has 0 unspecified atom stereocenters. The van der Waals surface area contributed by atoms with Gasteiger partial charge in [0, 0.05) is 11.1 Å².